The summed E-state index contributed by atoms with van der Waals surface area (Å²) in [6.45, 7) is 3.51. The second-order valence-electron chi connectivity index (χ2n) is 8.95. The van der Waals surface area contributed by atoms with Crippen molar-refractivity contribution in [3.05, 3.63) is 59.1 Å². The number of fused-ring (bicyclic) bond motifs is 1. The van der Waals surface area contributed by atoms with E-state index in [9.17, 15) is 9.59 Å². The predicted molar refractivity (Wildman–Crippen MR) is 139 cm³/mol. The van der Waals surface area contributed by atoms with Crippen LogP contribution >= 0.6 is 11.3 Å². The van der Waals surface area contributed by atoms with Gasteiger partial charge in [-0.3, -0.25) is 19.3 Å². The normalized spacial score (nSPS) is 17.7. The molecule has 1 aliphatic carbocycles. The van der Waals surface area contributed by atoms with Crippen LogP contribution in [0.3, 0.4) is 0 Å². The van der Waals surface area contributed by atoms with Crippen molar-refractivity contribution in [3.8, 4) is 11.3 Å². The minimum atomic E-state index is -0.236. The van der Waals surface area contributed by atoms with Crippen LogP contribution in [-0.4, -0.2) is 37.3 Å². The molecule has 1 aromatic carbocycles. The summed E-state index contributed by atoms with van der Waals surface area (Å²) in [4.78, 5) is 38.7. The fourth-order valence-corrected chi connectivity index (χ4v) is 5.47. The van der Waals surface area contributed by atoms with Crippen LogP contribution in [0, 0.1) is 0 Å². The third-order valence-electron chi connectivity index (χ3n) is 6.53. The maximum Gasteiger partial charge on any atom is 0.302 e. The van der Waals surface area contributed by atoms with Gasteiger partial charge >= 0.3 is 5.97 Å². The molecule has 186 valence electrons. The molecular formula is C26H28N6O3S. The summed E-state index contributed by atoms with van der Waals surface area (Å²) in [6.07, 6.45) is 9.54. The van der Waals surface area contributed by atoms with Crippen LogP contribution < -0.4 is 11.1 Å². The quantitative estimate of drug-likeness (QED) is 0.360. The van der Waals surface area contributed by atoms with Crippen molar-refractivity contribution in [2.45, 2.75) is 58.0 Å². The average Bonchev–Trinajstić information content (AvgIpc) is 3.50. The van der Waals surface area contributed by atoms with E-state index in [0.29, 0.717) is 16.5 Å². The van der Waals surface area contributed by atoms with E-state index >= 15 is 0 Å². The lowest BCUT2D eigenvalue weighted by Crippen LogP contribution is -2.23. The highest BCUT2D eigenvalue weighted by molar-refractivity contribution is 7.15. The standard InChI is InChI=1S/C26H28N6O3S/c1-3-20-14-29-26(36-20)31-25(34)18-6-4-16(5-7-18)21-22-23(27)28-12-13-32(22)24(30-21)17-8-10-19(11-9-17)35-15(2)33/h4-7,12-14,17,19H,3,8-11H2,1-2H3,(H2,27,28)(H,29,31,34)/t17-,19-. The second-order valence-corrected chi connectivity index (χ2v) is 10.1. The van der Waals surface area contributed by atoms with Gasteiger partial charge in [0.05, 0.1) is 0 Å². The van der Waals surface area contributed by atoms with Gasteiger partial charge in [0.1, 0.15) is 29.0 Å². The molecule has 3 N–H and O–H groups in total. The van der Waals surface area contributed by atoms with Crippen LogP contribution in [0.1, 0.15) is 66.5 Å². The Kier molecular flexibility index (Phi) is 6.69. The van der Waals surface area contributed by atoms with Gasteiger partial charge in [-0.05, 0) is 44.2 Å². The Morgan fingerprint density at radius 1 is 1.17 bits per heavy atom. The van der Waals surface area contributed by atoms with Gasteiger partial charge in [-0.25, -0.2) is 15.0 Å². The molecule has 3 heterocycles. The van der Waals surface area contributed by atoms with Gasteiger partial charge in [0, 0.05) is 47.4 Å². The topological polar surface area (TPSA) is 124 Å². The maximum absolute atomic E-state index is 12.7. The number of carbonyl (C=O) groups is 2. The summed E-state index contributed by atoms with van der Waals surface area (Å²) in [7, 11) is 0. The summed E-state index contributed by atoms with van der Waals surface area (Å²) < 4.78 is 7.42. The molecule has 1 amide bonds. The minimum absolute atomic E-state index is 0.0344. The summed E-state index contributed by atoms with van der Waals surface area (Å²) in [6, 6.07) is 7.32. The Hall–Kier alpha value is -3.79. The van der Waals surface area contributed by atoms with Gasteiger partial charge in [-0.1, -0.05) is 19.1 Å². The molecule has 36 heavy (non-hydrogen) atoms. The zero-order valence-corrected chi connectivity index (χ0v) is 21.0. The van der Waals surface area contributed by atoms with Crippen molar-refractivity contribution in [2.75, 3.05) is 11.1 Å². The van der Waals surface area contributed by atoms with E-state index in [1.165, 1.54) is 18.3 Å². The van der Waals surface area contributed by atoms with Crippen molar-refractivity contribution in [3.63, 3.8) is 0 Å². The third kappa shape index (κ3) is 4.81. The number of hydrogen-bond donors (Lipinski definition) is 2. The van der Waals surface area contributed by atoms with Gasteiger partial charge in [0.2, 0.25) is 0 Å². The van der Waals surface area contributed by atoms with Crippen molar-refractivity contribution < 1.29 is 14.3 Å². The molecule has 0 aliphatic heterocycles. The highest BCUT2D eigenvalue weighted by atomic mass is 32.1. The minimum Gasteiger partial charge on any atom is -0.463 e. The van der Waals surface area contributed by atoms with Crippen LogP contribution in [0.4, 0.5) is 10.9 Å². The summed E-state index contributed by atoms with van der Waals surface area (Å²) in [5, 5.41) is 3.45. The number of amides is 1. The van der Waals surface area contributed by atoms with Crippen LogP contribution in [0.25, 0.3) is 16.8 Å². The van der Waals surface area contributed by atoms with Crippen molar-refractivity contribution in [1.29, 1.82) is 0 Å². The molecule has 1 saturated carbocycles. The van der Waals surface area contributed by atoms with Gasteiger partial charge in [-0.15, -0.1) is 11.3 Å². The number of esters is 1. The molecular weight excluding hydrogens is 476 g/mol. The number of carbonyl (C=O) groups excluding carboxylic acids is 2. The fraction of sp³-hybridized carbons (Fsp3) is 0.346. The number of nitrogens with two attached hydrogens (primary N) is 1. The number of anilines is 2. The Bertz CT molecular complexity index is 1400. The highest BCUT2D eigenvalue weighted by Gasteiger charge is 2.28. The van der Waals surface area contributed by atoms with Gasteiger partial charge in [0.25, 0.3) is 5.91 Å². The Morgan fingerprint density at radius 3 is 2.58 bits per heavy atom. The molecule has 0 unspecified atom stereocenters. The number of rotatable bonds is 6. The van der Waals surface area contributed by atoms with E-state index < -0.39 is 0 Å². The summed E-state index contributed by atoms with van der Waals surface area (Å²) >= 11 is 1.48. The molecule has 0 saturated heterocycles. The summed E-state index contributed by atoms with van der Waals surface area (Å²) in [5.41, 5.74) is 9.16. The SMILES string of the molecule is CCc1cnc(NC(=O)c2ccc(-c3nc([C@H]4CC[C@H](OC(C)=O)CC4)n4ccnc(N)c34)cc2)s1. The van der Waals surface area contributed by atoms with Crippen LogP contribution in [0.2, 0.25) is 0 Å². The third-order valence-corrected chi connectivity index (χ3v) is 7.58. The Labute approximate surface area is 212 Å². The first-order chi connectivity index (χ1) is 17.4. The van der Waals surface area contributed by atoms with E-state index in [-0.39, 0.29) is 23.9 Å². The number of nitrogens with zero attached hydrogens (tertiary/aromatic N) is 4. The molecule has 0 bridgehead atoms. The number of aryl methyl sites for hydroxylation is 1. The first kappa shape index (κ1) is 23.9. The van der Waals surface area contributed by atoms with Crippen LogP contribution in [0.15, 0.2) is 42.9 Å². The second kappa shape index (κ2) is 10.1. The average molecular weight is 505 g/mol. The van der Waals surface area contributed by atoms with E-state index in [1.807, 2.05) is 22.7 Å². The molecule has 10 heteroatoms. The monoisotopic (exact) mass is 504 g/mol. The van der Waals surface area contributed by atoms with Crippen molar-refractivity contribution in [2.24, 2.45) is 0 Å². The predicted octanol–water partition coefficient (Wildman–Crippen LogP) is 4.84. The molecule has 4 aromatic rings. The Balaban J connectivity index is 1.40. The van der Waals surface area contributed by atoms with Crippen LogP contribution in [-0.2, 0) is 16.0 Å². The number of hydrogen-bond acceptors (Lipinski definition) is 8. The number of aromatic nitrogens is 4. The van der Waals surface area contributed by atoms with E-state index in [2.05, 4.69) is 22.2 Å². The molecule has 3 aromatic heterocycles. The molecule has 1 aliphatic rings. The zero-order valence-electron chi connectivity index (χ0n) is 20.2. The summed E-state index contributed by atoms with van der Waals surface area (Å²) in [5.74, 6) is 1.10. The lowest BCUT2D eigenvalue weighted by molar-refractivity contribution is -0.147. The molecule has 1 fully saturated rings. The first-order valence-electron chi connectivity index (χ1n) is 12.1. The van der Waals surface area contributed by atoms with Crippen LogP contribution in [0.5, 0.6) is 0 Å². The number of imidazole rings is 1. The largest absolute Gasteiger partial charge is 0.463 e. The van der Waals surface area contributed by atoms with Crippen molar-refractivity contribution >= 4 is 39.7 Å². The van der Waals surface area contributed by atoms with Crippen molar-refractivity contribution in [1.82, 2.24) is 19.4 Å². The number of thiazole rings is 1. The lowest BCUT2D eigenvalue weighted by atomic mass is 9.87. The lowest BCUT2D eigenvalue weighted by Gasteiger charge is -2.27. The van der Waals surface area contributed by atoms with Gasteiger partial charge in [-0.2, -0.15) is 0 Å². The maximum atomic E-state index is 12.7. The Morgan fingerprint density at radius 2 is 1.92 bits per heavy atom. The number of benzene rings is 1. The van der Waals surface area contributed by atoms with E-state index in [0.717, 1.165) is 59.6 Å². The number of nitrogen functional groups attached to an aromatic ring is 1. The smallest absolute Gasteiger partial charge is 0.302 e. The van der Waals surface area contributed by atoms with E-state index in [4.69, 9.17) is 15.5 Å². The number of ether oxygens (including phenoxy) is 1. The molecule has 0 atom stereocenters. The molecule has 9 nitrogen and oxygen atoms in total. The molecule has 0 spiro atoms. The number of nitrogens with one attached hydrogen (secondary N) is 1. The molecule has 5 rings (SSSR count). The zero-order chi connectivity index (χ0) is 25.2. The van der Waals surface area contributed by atoms with E-state index in [1.54, 1.807) is 24.5 Å². The first-order valence-corrected chi connectivity index (χ1v) is 12.9. The molecule has 0 radical (unpaired) electrons. The fourth-order valence-electron chi connectivity index (χ4n) is 4.73. The van der Waals surface area contributed by atoms with Gasteiger partial charge < -0.3 is 10.5 Å². The highest BCUT2D eigenvalue weighted by Crippen LogP contribution is 2.37. The van der Waals surface area contributed by atoms with Gasteiger partial charge in [0.15, 0.2) is 5.13 Å².